The molecule has 1 atom stereocenters. The van der Waals surface area contributed by atoms with Gasteiger partial charge >= 0.3 is 0 Å². The third-order valence-corrected chi connectivity index (χ3v) is 5.46. The highest BCUT2D eigenvalue weighted by atomic mass is 15.2. The van der Waals surface area contributed by atoms with E-state index >= 15 is 0 Å². The Hall–Kier alpha value is -0.120. The van der Waals surface area contributed by atoms with Crippen molar-refractivity contribution in [2.24, 2.45) is 0 Å². The molecule has 1 heterocycles. The number of likely N-dealkylation sites (tertiary alicyclic amines) is 1. The van der Waals surface area contributed by atoms with Crippen LogP contribution >= 0.6 is 0 Å². The molecular formula is C16H33N3. The molecule has 1 saturated heterocycles. The maximum absolute atomic E-state index is 3.65. The number of nitrogens with one attached hydrogen (secondary N) is 1. The molecule has 0 aromatic carbocycles. The molecule has 0 radical (unpaired) electrons. The van der Waals surface area contributed by atoms with Gasteiger partial charge in [0.25, 0.3) is 0 Å². The van der Waals surface area contributed by atoms with Gasteiger partial charge in [0.05, 0.1) is 0 Å². The molecule has 1 N–H and O–H groups in total. The van der Waals surface area contributed by atoms with Gasteiger partial charge in [0.1, 0.15) is 0 Å². The van der Waals surface area contributed by atoms with Gasteiger partial charge in [0.15, 0.2) is 0 Å². The largest absolute Gasteiger partial charge is 0.314 e. The topological polar surface area (TPSA) is 18.5 Å². The Morgan fingerprint density at radius 1 is 1.16 bits per heavy atom. The number of nitrogens with zero attached hydrogens (tertiary/aromatic N) is 2. The van der Waals surface area contributed by atoms with Gasteiger partial charge in [0.2, 0.25) is 0 Å². The number of likely N-dealkylation sites (N-methyl/N-ethyl adjacent to an activating group) is 1. The Morgan fingerprint density at radius 2 is 1.89 bits per heavy atom. The zero-order valence-electron chi connectivity index (χ0n) is 13.2. The van der Waals surface area contributed by atoms with Gasteiger partial charge in [-0.1, -0.05) is 19.3 Å². The number of hydrogen-bond acceptors (Lipinski definition) is 3. The van der Waals surface area contributed by atoms with E-state index in [1.165, 1.54) is 71.0 Å². The van der Waals surface area contributed by atoms with Crippen LogP contribution in [0.1, 0.15) is 51.4 Å². The van der Waals surface area contributed by atoms with Crippen molar-refractivity contribution in [2.75, 3.05) is 40.8 Å². The summed E-state index contributed by atoms with van der Waals surface area (Å²) in [4.78, 5) is 5.10. The normalized spacial score (nSPS) is 28.7. The van der Waals surface area contributed by atoms with Crippen molar-refractivity contribution in [1.82, 2.24) is 15.1 Å². The van der Waals surface area contributed by atoms with Crippen LogP contribution in [0.4, 0.5) is 0 Å². The lowest BCUT2D eigenvalue weighted by atomic mass is 9.79. The summed E-state index contributed by atoms with van der Waals surface area (Å²) in [7, 11) is 6.62. The van der Waals surface area contributed by atoms with Crippen LogP contribution in [0.5, 0.6) is 0 Å². The average Bonchev–Trinajstić information content (AvgIpc) is 2.46. The van der Waals surface area contributed by atoms with E-state index in [4.69, 9.17) is 0 Å². The summed E-state index contributed by atoms with van der Waals surface area (Å²) in [5.41, 5.74) is 0.448. The van der Waals surface area contributed by atoms with Crippen LogP contribution in [0.2, 0.25) is 0 Å². The van der Waals surface area contributed by atoms with Gasteiger partial charge in [-0.25, -0.2) is 0 Å². The monoisotopic (exact) mass is 267 g/mol. The molecule has 19 heavy (non-hydrogen) atoms. The molecule has 1 saturated carbocycles. The van der Waals surface area contributed by atoms with Crippen molar-refractivity contribution in [3.63, 3.8) is 0 Å². The molecule has 3 nitrogen and oxygen atoms in total. The van der Waals surface area contributed by atoms with Crippen molar-refractivity contribution in [1.29, 1.82) is 0 Å². The van der Waals surface area contributed by atoms with E-state index in [1.807, 2.05) is 0 Å². The lowest BCUT2D eigenvalue weighted by molar-refractivity contribution is 0.114. The van der Waals surface area contributed by atoms with Crippen LogP contribution in [0, 0.1) is 0 Å². The minimum atomic E-state index is 0.448. The Labute approximate surface area is 119 Å². The second-order valence-corrected chi connectivity index (χ2v) is 6.90. The molecule has 1 unspecified atom stereocenters. The first-order valence-electron chi connectivity index (χ1n) is 8.23. The molecule has 0 aromatic rings. The van der Waals surface area contributed by atoms with Crippen molar-refractivity contribution < 1.29 is 0 Å². The van der Waals surface area contributed by atoms with E-state index in [9.17, 15) is 0 Å². The maximum atomic E-state index is 3.65. The fourth-order valence-corrected chi connectivity index (χ4v) is 3.88. The Bertz CT molecular complexity index is 259. The minimum Gasteiger partial charge on any atom is -0.314 e. The van der Waals surface area contributed by atoms with E-state index in [2.05, 4.69) is 36.3 Å². The predicted octanol–water partition coefficient (Wildman–Crippen LogP) is 2.32. The van der Waals surface area contributed by atoms with Crippen molar-refractivity contribution in [3.05, 3.63) is 0 Å². The molecule has 2 rings (SSSR count). The zero-order valence-corrected chi connectivity index (χ0v) is 13.2. The van der Waals surface area contributed by atoms with E-state index in [1.54, 1.807) is 0 Å². The van der Waals surface area contributed by atoms with Crippen LogP contribution in [0.25, 0.3) is 0 Å². The standard InChI is InChI=1S/C16H33N3/c1-17-16(9-5-4-6-10-16)11-13-19-12-7-8-15(14-19)18(2)3/h15,17H,4-14H2,1-3H3. The number of piperidine rings is 1. The molecule has 112 valence electrons. The molecular weight excluding hydrogens is 234 g/mol. The molecule has 1 aliphatic carbocycles. The lowest BCUT2D eigenvalue weighted by Crippen LogP contribution is -2.50. The molecule has 0 spiro atoms. The van der Waals surface area contributed by atoms with Crippen molar-refractivity contribution in [2.45, 2.75) is 62.9 Å². The first-order chi connectivity index (χ1) is 9.15. The third-order valence-electron chi connectivity index (χ3n) is 5.46. The number of rotatable bonds is 5. The minimum absolute atomic E-state index is 0.448. The summed E-state index contributed by atoms with van der Waals surface area (Å²) >= 11 is 0. The molecule has 2 fully saturated rings. The summed E-state index contributed by atoms with van der Waals surface area (Å²) < 4.78 is 0. The van der Waals surface area contributed by atoms with Gasteiger partial charge in [0, 0.05) is 18.1 Å². The second kappa shape index (κ2) is 7.05. The fourth-order valence-electron chi connectivity index (χ4n) is 3.88. The van der Waals surface area contributed by atoms with E-state index < -0.39 is 0 Å². The first kappa shape index (κ1) is 15.3. The molecule has 0 aromatic heterocycles. The van der Waals surface area contributed by atoms with Gasteiger partial charge in [-0.3, -0.25) is 0 Å². The predicted molar refractivity (Wildman–Crippen MR) is 82.6 cm³/mol. The highest BCUT2D eigenvalue weighted by Crippen LogP contribution is 2.31. The molecule has 0 bridgehead atoms. The van der Waals surface area contributed by atoms with Crippen LogP contribution in [-0.2, 0) is 0 Å². The summed E-state index contributed by atoms with van der Waals surface area (Å²) in [6.07, 6.45) is 11.1. The highest BCUT2D eigenvalue weighted by molar-refractivity contribution is 4.91. The van der Waals surface area contributed by atoms with Gasteiger partial charge in [-0.2, -0.15) is 0 Å². The smallest absolute Gasteiger partial charge is 0.0217 e. The highest BCUT2D eigenvalue weighted by Gasteiger charge is 2.31. The van der Waals surface area contributed by atoms with Crippen molar-refractivity contribution >= 4 is 0 Å². The van der Waals surface area contributed by atoms with E-state index in [-0.39, 0.29) is 0 Å². The maximum Gasteiger partial charge on any atom is 0.0217 e. The summed E-state index contributed by atoms with van der Waals surface area (Å²) in [5, 5.41) is 3.65. The molecule has 0 amide bonds. The van der Waals surface area contributed by atoms with Crippen LogP contribution in [0.3, 0.4) is 0 Å². The van der Waals surface area contributed by atoms with Gasteiger partial charge < -0.3 is 15.1 Å². The summed E-state index contributed by atoms with van der Waals surface area (Å²) in [6, 6.07) is 0.769. The van der Waals surface area contributed by atoms with Crippen LogP contribution in [-0.4, -0.2) is 62.2 Å². The van der Waals surface area contributed by atoms with Crippen molar-refractivity contribution in [3.8, 4) is 0 Å². The first-order valence-corrected chi connectivity index (χ1v) is 8.23. The van der Waals surface area contributed by atoms with Crippen LogP contribution < -0.4 is 5.32 Å². The fraction of sp³-hybridized carbons (Fsp3) is 1.00. The SMILES string of the molecule is CNC1(CCN2CCCC(N(C)C)C2)CCCCC1. The van der Waals surface area contributed by atoms with Crippen LogP contribution in [0.15, 0.2) is 0 Å². The Balaban J connectivity index is 1.80. The summed E-state index contributed by atoms with van der Waals surface area (Å²) in [6.45, 7) is 3.86. The van der Waals surface area contributed by atoms with Gasteiger partial charge in [-0.05, 0) is 66.3 Å². The Kier molecular flexibility index (Phi) is 5.67. The quantitative estimate of drug-likeness (QED) is 0.825. The number of hydrogen-bond donors (Lipinski definition) is 1. The second-order valence-electron chi connectivity index (χ2n) is 6.90. The lowest BCUT2D eigenvalue weighted by Gasteiger charge is -2.41. The molecule has 1 aliphatic heterocycles. The van der Waals surface area contributed by atoms with E-state index in [0.717, 1.165) is 6.04 Å². The molecule has 2 aliphatic rings. The molecule has 3 heteroatoms. The average molecular weight is 267 g/mol. The Morgan fingerprint density at radius 3 is 2.53 bits per heavy atom. The van der Waals surface area contributed by atoms with Gasteiger partial charge in [-0.15, -0.1) is 0 Å². The zero-order chi connectivity index (χ0) is 13.7. The van der Waals surface area contributed by atoms with E-state index in [0.29, 0.717) is 5.54 Å². The third kappa shape index (κ3) is 4.17. The summed E-state index contributed by atoms with van der Waals surface area (Å²) in [5.74, 6) is 0.